The normalized spacial score (nSPS) is 12.4. The molecule has 2 nitrogen and oxygen atoms in total. The van der Waals surface area contributed by atoms with Gasteiger partial charge in [0.25, 0.3) is 0 Å². The second-order valence-electron chi connectivity index (χ2n) is 4.68. The Balaban J connectivity index is 1.96. The van der Waals surface area contributed by atoms with Gasteiger partial charge in [0.1, 0.15) is 11.6 Å². The fourth-order valence-electron chi connectivity index (χ4n) is 1.95. The number of alkyl halides is 2. The summed E-state index contributed by atoms with van der Waals surface area (Å²) in [5.41, 5.74) is 1.79. The van der Waals surface area contributed by atoms with Crippen LogP contribution < -0.4 is 10.1 Å². The van der Waals surface area contributed by atoms with E-state index in [4.69, 9.17) is 0 Å². The molecule has 2 rings (SSSR count). The highest BCUT2D eigenvalue weighted by Crippen LogP contribution is 2.21. The first-order valence-electron chi connectivity index (χ1n) is 6.57. The fraction of sp³-hybridized carbons (Fsp3) is 0.250. The van der Waals surface area contributed by atoms with Gasteiger partial charge >= 0.3 is 6.61 Å². The van der Waals surface area contributed by atoms with Crippen molar-refractivity contribution >= 4 is 0 Å². The van der Waals surface area contributed by atoms with E-state index in [9.17, 15) is 13.2 Å². The summed E-state index contributed by atoms with van der Waals surface area (Å²) in [5, 5.41) is 3.25. The predicted molar refractivity (Wildman–Crippen MR) is 74.7 cm³/mol. The van der Waals surface area contributed by atoms with Gasteiger partial charge in [0.15, 0.2) is 0 Å². The Morgan fingerprint density at radius 2 is 1.81 bits per heavy atom. The Kier molecular flexibility index (Phi) is 5.22. The van der Waals surface area contributed by atoms with Crippen LogP contribution in [0.1, 0.15) is 24.1 Å². The van der Waals surface area contributed by atoms with Crippen LogP contribution in [-0.4, -0.2) is 6.61 Å². The van der Waals surface area contributed by atoms with Gasteiger partial charge < -0.3 is 10.1 Å². The molecule has 0 fully saturated rings. The molecular weight excluding hydrogens is 279 g/mol. The molecule has 0 bridgehead atoms. The molecule has 1 unspecified atom stereocenters. The molecule has 0 spiro atoms. The first-order valence-corrected chi connectivity index (χ1v) is 6.57. The van der Waals surface area contributed by atoms with Gasteiger partial charge in [-0.25, -0.2) is 4.39 Å². The Bertz CT molecular complexity index is 572. The summed E-state index contributed by atoms with van der Waals surface area (Å²) in [6, 6.07) is 12.7. The lowest BCUT2D eigenvalue weighted by atomic mass is 10.1. The van der Waals surface area contributed by atoms with E-state index in [0.717, 1.165) is 11.1 Å². The molecule has 1 atom stereocenters. The average Bonchev–Trinajstić information content (AvgIpc) is 2.46. The SMILES string of the molecule is CC(NCc1ccc(F)cc1)c1cccc(OC(F)F)c1. The van der Waals surface area contributed by atoms with Crippen molar-refractivity contribution in [3.05, 3.63) is 65.5 Å². The fourth-order valence-corrected chi connectivity index (χ4v) is 1.95. The van der Waals surface area contributed by atoms with Gasteiger partial charge in [-0.15, -0.1) is 0 Å². The maximum absolute atomic E-state index is 12.8. The zero-order valence-electron chi connectivity index (χ0n) is 11.5. The number of hydrogen-bond donors (Lipinski definition) is 1. The topological polar surface area (TPSA) is 21.3 Å². The summed E-state index contributed by atoms with van der Waals surface area (Å²) in [4.78, 5) is 0. The van der Waals surface area contributed by atoms with E-state index in [1.165, 1.54) is 18.2 Å². The Labute approximate surface area is 121 Å². The number of ether oxygens (including phenoxy) is 1. The summed E-state index contributed by atoms with van der Waals surface area (Å²) in [6.45, 7) is -0.352. The maximum atomic E-state index is 12.8. The summed E-state index contributed by atoms with van der Waals surface area (Å²) in [7, 11) is 0. The molecule has 0 aliphatic carbocycles. The maximum Gasteiger partial charge on any atom is 0.387 e. The van der Waals surface area contributed by atoms with Crippen molar-refractivity contribution in [3.8, 4) is 5.75 Å². The first kappa shape index (κ1) is 15.4. The Morgan fingerprint density at radius 3 is 2.48 bits per heavy atom. The van der Waals surface area contributed by atoms with Gasteiger partial charge in [0.2, 0.25) is 0 Å². The lowest BCUT2D eigenvalue weighted by Crippen LogP contribution is -2.18. The van der Waals surface area contributed by atoms with Crippen LogP contribution in [0.2, 0.25) is 0 Å². The van der Waals surface area contributed by atoms with Crippen molar-refractivity contribution in [1.82, 2.24) is 5.32 Å². The molecule has 2 aromatic carbocycles. The van der Waals surface area contributed by atoms with E-state index >= 15 is 0 Å². The molecule has 1 N–H and O–H groups in total. The van der Waals surface area contributed by atoms with E-state index in [2.05, 4.69) is 10.1 Å². The van der Waals surface area contributed by atoms with E-state index in [0.29, 0.717) is 6.54 Å². The molecule has 5 heteroatoms. The third-order valence-corrected chi connectivity index (χ3v) is 3.11. The van der Waals surface area contributed by atoms with E-state index in [-0.39, 0.29) is 17.6 Å². The van der Waals surface area contributed by atoms with E-state index < -0.39 is 6.61 Å². The average molecular weight is 295 g/mol. The lowest BCUT2D eigenvalue weighted by molar-refractivity contribution is -0.0499. The second-order valence-corrected chi connectivity index (χ2v) is 4.68. The molecule has 0 saturated carbocycles. The molecule has 0 saturated heterocycles. The minimum Gasteiger partial charge on any atom is -0.435 e. The van der Waals surface area contributed by atoms with Gasteiger partial charge in [-0.1, -0.05) is 24.3 Å². The summed E-state index contributed by atoms with van der Waals surface area (Å²) in [6.07, 6.45) is 0. The van der Waals surface area contributed by atoms with Gasteiger partial charge in [-0.2, -0.15) is 8.78 Å². The van der Waals surface area contributed by atoms with Gasteiger partial charge in [0, 0.05) is 12.6 Å². The third kappa shape index (κ3) is 4.79. The molecule has 0 aliphatic heterocycles. The molecule has 0 radical (unpaired) electrons. The first-order chi connectivity index (χ1) is 10.0. The highest BCUT2D eigenvalue weighted by molar-refractivity contribution is 5.30. The molecule has 0 aromatic heterocycles. The Hall–Kier alpha value is -2.01. The third-order valence-electron chi connectivity index (χ3n) is 3.11. The van der Waals surface area contributed by atoms with Crippen molar-refractivity contribution in [2.24, 2.45) is 0 Å². The van der Waals surface area contributed by atoms with Crippen LogP contribution in [0.15, 0.2) is 48.5 Å². The summed E-state index contributed by atoms with van der Waals surface area (Å²) in [5.74, 6) is -0.137. The van der Waals surface area contributed by atoms with Crippen molar-refractivity contribution in [2.75, 3.05) is 0 Å². The summed E-state index contributed by atoms with van der Waals surface area (Å²) < 4.78 is 41.6. The van der Waals surface area contributed by atoms with Crippen LogP contribution in [0.5, 0.6) is 5.75 Å². The highest BCUT2D eigenvalue weighted by Gasteiger charge is 2.09. The number of halogens is 3. The zero-order valence-corrected chi connectivity index (χ0v) is 11.5. The highest BCUT2D eigenvalue weighted by atomic mass is 19.3. The standard InChI is InChI=1S/C16H16F3NO/c1-11(20-10-12-5-7-14(17)8-6-12)13-3-2-4-15(9-13)21-16(18)19/h2-9,11,16,20H,10H2,1H3. The predicted octanol–water partition coefficient (Wildman–Crippen LogP) is 4.28. The van der Waals surface area contributed by atoms with Crippen LogP contribution in [0.25, 0.3) is 0 Å². The van der Waals surface area contributed by atoms with E-state index in [1.807, 2.05) is 13.0 Å². The van der Waals surface area contributed by atoms with Crippen molar-refractivity contribution in [3.63, 3.8) is 0 Å². The smallest absolute Gasteiger partial charge is 0.387 e. The number of benzene rings is 2. The van der Waals surface area contributed by atoms with Crippen molar-refractivity contribution < 1.29 is 17.9 Å². The van der Waals surface area contributed by atoms with Crippen LogP contribution in [0.3, 0.4) is 0 Å². The molecular formula is C16H16F3NO. The molecule has 0 amide bonds. The van der Waals surface area contributed by atoms with Crippen molar-refractivity contribution in [2.45, 2.75) is 26.1 Å². The summed E-state index contributed by atoms with van der Waals surface area (Å²) >= 11 is 0. The number of rotatable bonds is 6. The van der Waals surface area contributed by atoms with E-state index in [1.54, 1.807) is 24.3 Å². The largest absolute Gasteiger partial charge is 0.435 e. The van der Waals surface area contributed by atoms with Crippen molar-refractivity contribution in [1.29, 1.82) is 0 Å². The van der Waals surface area contributed by atoms with Crippen LogP contribution in [-0.2, 0) is 6.54 Å². The van der Waals surface area contributed by atoms with Crippen LogP contribution in [0, 0.1) is 5.82 Å². The monoisotopic (exact) mass is 295 g/mol. The minimum atomic E-state index is -2.83. The van der Waals surface area contributed by atoms with Crippen LogP contribution >= 0.6 is 0 Å². The molecule has 2 aromatic rings. The van der Waals surface area contributed by atoms with Gasteiger partial charge in [-0.3, -0.25) is 0 Å². The lowest BCUT2D eigenvalue weighted by Gasteiger charge is -2.15. The quantitative estimate of drug-likeness (QED) is 0.859. The molecule has 0 heterocycles. The van der Waals surface area contributed by atoms with Crippen LogP contribution in [0.4, 0.5) is 13.2 Å². The number of nitrogens with one attached hydrogen (secondary N) is 1. The van der Waals surface area contributed by atoms with Gasteiger partial charge in [-0.05, 0) is 42.3 Å². The molecule has 0 aliphatic rings. The number of hydrogen-bond acceptors (Lipinski definition) is 2. The van der Waals surface area contributed by atoms with Gasteiger partial charge in [0.05, 0.1) is 0 Å². The minimum absolute atomic E-state index is 0.0451. The molecule has 21 heavy (non-hydrogen) atoms. The second kappa shape index (κ2) is 7.13. The zero-order chi connectivity index (χ0) is 15.2. The molecule has 112 valence electrons. The Morgan fingerprint density at radius 1 is 1.10 bits per heavy atom.